The fourth-order valence-corrected chi connectivity index (χ4v) is 0.999. The Kier molecular flexibility index (Phi) is 2.69. The van der Waals surface area contributed by atoms with Gasteiger partial charge in [0.15, 0.2) is 0 Å². The van der Waals surface area contributed by atoms with Gasteiger partial charge in [-0.15, -0.1) is 0 Å². The fourth-order valence-electron chi connectivity index (χ4n) is 0.999. The van der Waals surface area contributed by atoms with Crippen LogP contribution in [0.1, 0.15) is 20.8 Å². The van der Waals surface area contributed by atoms with E-state index in [4.69, 9.17) is 9.47 Å². The Morgan fingerprint density at radius 3 is 2.30 bits per heavy atom. The van der Waals surface area contributed by atoms with Gasteiger partial charge in [-0.2, -0.15) is 0 Å². The molecule has 0 bridgehead atoms. The Morgan fingerprint density at radius 2 is 1.90 bits per heavy atom. The molecule has 0 spiro atoms. The van der Waals surface area contributed by atoms with Crippen LogP contribution in [0.4, 0.5) is 0 Å². The molecule has 0 saturated carbocycles. The first-order valence-electron chi connectivity index (χ1n) is 3.93. The second kappa shape index (κ2) is 3.35. The van der Waals surface area contributed by atoms with Gasteiger partial charge in [-0.05, 0) is 12.8 Å². The lowest BCUT2D eigenvalue weighted by Crippen LogP contribution is -2.36. The Balaban J connectivity index is 2.26. The number of hydrogen-bond acceptors (Lipinski definition) is 2. The molecule has 0 aliphatic carbocycles. The Hall–Kier alpha value is -0.0800. The fraction of sp³-hybridized carbons (Fsp3) is 1.00. The Labute approximate surface area is 62.5 Å². The van der Waals surface area contributed by atoms with E-state index < -0.39 is 0 Å². The third kappa shape index (κ3) is 1.96. The molecule has 0 amide bonds. The Bertz CT molecular complexity index is 93.4. The van der Waals surface area contributed by atoms with Crippen LogP contribution >= 0.6 is 0 Å². The number of hydrogen-bond donors (Lipinski definition) is 0. The van der Waals surface area contributed by atoms with Crippen molar-refractivity contribution in [2.45, 2.75) is 33.0 Å². The van der Waals surface area contributed by atoms with Crippen LogP contribution in [0.25, 0.3) is 0 Å². The van der Waals surface area contributed by atoms with Crippen molar-refractivity contribution < 1.29 is 9.47 Å². The van der Waals surface area contributed by atoms with Gasteiger partial charge in [0.25, 0.3) is 0 Å². The first-order chi connectivity index (χ1) is 4.70. The third-order valence-electron chi connectivity index (χ3n) is 1.83. The molecule has 1 aliphatic heterocycles. The van der Waals surface area contributed by atoms with Gasteiger partial charge >= 0.3 is 0 Å². The van der Waals surface area contributed by atoms with Crippen molar-refractivity contribution in [2.75, 3.05) is 13.2 Å². The molecule has 60 valence electrons. The highest BCUT2D eigenvalue weighted by Gasteiger charge is 2.21. The van der Waals surface area contributed by atoms with Crippen LogP contribution in [-0.2, 0) is 9.47 Å². The summed E-state index contributed by atoms with van der Waals surface area (Å²) in [5.74, 6) is 0.576. The standard InChI is InChI=1S/C8H16O2/c1-6(2)8-5-9-7(3)4-10-8/h6-8H,4-5H2,1-3H3. The van der Waals surface area contributed by atoms with Crippen LogP contribution in [0.15, 0.2) is 0 Å². The van der Waals surface area contributed by atoms with Gasteiger partial charge in [0.05, 0.1) is 25.4 Å². The van der Waals surface area contributed by atoms with Crippen molar-refractivity contribution in [3.63, 3.8) is 0 Å². The second-order valence-corrected chi connectivity index (χ2v) is 3.26. The summed E-state index contributed by atoms with van der Waals surface area (Å²) in [6, 6.07) is 0. The first-order valence-corrected chi connectivity index (χ1v) is 3.93. The maximum Gasteiger partial charge on any atom is 0.0832 e. The molecule has 1 saturated heterocycles. The minimum atomic E-state index is 0.287. The summed E-state index contributed by atoms with van der Waals surface area (Å²) in [4.78, 5) is 0. The summed E-state index contributed by atoms with van der Waals surface area (Å²) in [6.45, 7) is 7.87. The maximum atomic E-state index is 5.53. The van der Waals surface area contributed by atoms with E-state index in [0.717, 1.165) is 13.2 Å². The minimum Gasteiger partial charge on any atom is -0.373 e. The van der Waals surface area contributed by atoms with E-state index in [1.165, 1.54) is 0 Å². The molecule has 1 aliphatic rings. The molecule has 10 heavy (non-hydrogen) atoms. The second-order valence-electron chi connectivity index (χ2n) is 3.26. The predicted molar refractivity (Wildman–Crippen MR) is 40.0 cm³/mol. The highest BCUT2D eigenvalue weighted by atomic mass is 16.6. The Morgan fingerprint density at radius 1 is 1.20 bits per heavy atom. The topological polar surface area (TPSA) is 18.5 Å². The van der Waals surface area contributed by atoms with Crippen molar-refractivity contribution in [3.05, 3.63) is 0 Å². The number of ether oxygens (including phenoxy) is 2. The molecule has 0 aromatic rings. The predicted octanol–water partition coefficient (Wildman–Crippen LogP) is 1.45. The SMILES string of the molecule is CC1COC(C(C)C)CO1. The van der Waals surface area contributed by atoms with E-state index in [0.29, 0.717) is 12.0 Å². The van der Waals surface area contributed by atoms with Crippen molar-refractivity contribution in [1.29, 1.82) is 0 Å². The van der Waals surface area contributed by atoms with E-state index in [-0.39, 0.29) is 6.10 Å². The largest absolute Gasteiger partial charge is 0.373 e. The monoisotopic (exact) mass is 144 g/mol. The molecular weight excluding hydrogens is 128 g/mol. The van der Waals surface area contributed by atoms with Crippen LogP contribution in [0.3, 0.4) is 0 Å². The average Bonchev–Trinajstić information content (AvgIpc) is 1.88. The molecule has 2 heteroatoms. The van der Waals surface area contributed by atoms with Crippen molar-refractivity contribution >= 4 is 0 Å². The normalized spacial score (nSPS) is 34.8. The lowest BCUT2D eigenvalue weighted by atomic mass is 10.1. The highest BCUT2D eigenvalue weighted by molar-refractivity contribution is 4.67. The van der Waals surface area contributed by atoms with E-state index in [1.54, 1.807) is 0 Å². The quantitative estimate of drug-likeness (QED) is 0.554. The van der Waals surface area contributed by atoms with Gasteiger partial charge in [-0.3, -0.25) is 0 Å². The molecule has 2 nitrogen and oxygen atoms in total. The molecular formula is C8H16O2. The van der Waals surface area contributed by atoms with Crippen LogP contribution in [0.5, 0.6) is 0 Å². The van der Waals surface area contributed by atoms with Crippen molar-refractivity contribution in [2.24, 2.45) is 5.92 Å². The molecule has 2 atom stereocenters. The van der Waals surface area contributed by atoms with Crippen LogP contribution < -0.4 is 0 Å². The van der Waals surface area contributed by atoms with Crippen LogP contribution in [-0.4, -0.2) is 25.4 Å². The van der Waals surface area contributed by atoms with E-state index >= 15 is 0 Å². The smallest absolute Gasteiger partial charge is 0.0832 e. The van der Waals surface area contributed by atoms with E-state index in [2.05, 4.69) is 13.8 Å². The van der Waals surface area contributed by atoms with Crippen molar-refractivity contribution in [3.8, 4) is 0 Å². The van der Waals surface area contributed by atoms with Crippen LogP contribution in [0.2, 0.25) is 0 Å². The molecule has 1 rings (SSSR count). The van der Waals surface area contributed by atoms with Crippen LogP contribution in [0, 0.1) is 5.92 Å². The molecule has 0 N–H and O–H groups in total. The zero-order valence-electron chi connectivity index (χ0n) is 6.96. The van der Waals surface area contributed by atoms with Gasteiger partial charge in [-0.1, -0.05) is 13.8 Å². The first kappa shape index (κ1) is 8.02. The summed E-state index contributed by atoms with van der Waals surface area (Å²) < 4.78 is 11.0. The summed E-state index contributed by atoms with van der Waals surface area (Å²) in [6.07, 6.45) is 0.603. The lowest BCUT2D eigenvalue weighted by molar-refractivity contribution is -0.140. The van der Waals surface area contributed by atoms with E-state index in [1.807, 2.05) is 6.92 Å². The summed E-state index contributed by atoms with van der Waals surface area (Å²) in [5.41, 5.74) is 0. The summed E-state index contributed by atoms with van der Waals surface area (Å²) in [7, 11) is 0. The zero-order valence-corrected chi connectivity index (χ0v) is 6.96. The zero-order chi connectivity index (χ0) is 7.56. The molecule has 1 fully saturated rings. The van der Waals surface area contributed by atoms with Gasteiger partial charge in [0.1, 0.15) is 0 Å². The molecule has 0 aromatic heterocycles. The summed E-state index contributed by atoms with van der Waals surface area (Å²) in [5, 5.41) is 0. The van der Waals surface area contributed by atoms with Gasteiger partial charge in [0.2, 0.25) is 0 Å². The van der Waals surface area contributed by atoms with Crippen molar-refractivity contribution in [1.82, 2.24) is 0 Å². The van der Waals surface area contributed by atoms with Gasteiger partial charge in [0, 0.05) is 0 Å². The minimum absolute atomic E-state index is 0.287. The van der Waals surface area contributed by atoms with Gasteiger partial charge < -0.3 is 9.47 Å². The highest BCUT2D eigenvalue weighted by Crippen LogP contribution is 2.13. The average molecular weight is 144 g/mol. The maximum absolute atomic E-state index is 5.53. The lowest BCUT2D eigenvalue weighted by Gasteiger charge is -2.29. The summed E-state index contributed by atoms with van der Waals surface area (Å²) >= 11 is 0. The number of rotatable bonds is 1. The van der Waals surface area contributed by atoms with E-state index in [9.17, 15) is 0 Å². The molecule has 0 radical (unpaired) electrons. The third-order valence-corrected chi connectivity index (χ3v) is 1.83. The van der Waals surface area contributed by atoms with Gasteiger partial charge in [-0.25, -0.2) is 0 Å². The molecule has 1 heterocycles. The molecule has 0 aromatic carbocycles. The molecule has 2 unspecified atom stereocenters.